The molecule has 16 heteroatoms. The summed E-state index contributed by atoms with van der Waals surface area (Å²) in [6, 6.07) is 79.2. The van der Waals surface area contributed by atoms with Crippen molar-refractivity contribution in [3.8, 4) is 0 Å². The molecular weight excluding hydrogens is 1190 g/mol. The molecule has 8 aromatic carbocycles. The Morgan fingerprint density at radius 1 is 0.309 bits per heavy atom. The molecule has 0 bridgehead atoms. The van der Waals surface area contributed by atoms with E-state index >= 15 is 0 Å². The molecule has 11 rings (SSSR count). The second-order valence-electron chi connectivity index (χ2n) is 23.4. The molecule has 0 aliphatic carbocycles. The van der Waals surface area contributed by atoms with E-state index in [-0.39, 0.29) is 66.1 Å². The first kappa shape index (κ1) is 68.3. The minimum Gasteiger partial charge on any atom is -0.394 e. The summed E-state index contributed by atoms with van der Waals surface area (Å²) in [5.41, 5.74) is 7.45. The highest BCUT2D eigenvalue weighted by molar-refractivity contribution is 5.20. The van der Waals surface area contributed by atoms with Gasteiger partial charge in [-0.1, -0.05) is 249 Å². The fourth-order valence-corrected chi connectivity index (χ4v) is 11.9. The topological polar surface area (TPSA) is 159 Å². The monoisotopic (exact) mass is 1280 g/mol. The fraction of sp³-hybridized carbons (Fsp3) is 0.359. The third kappa shape index (κ3) is 19.5. The van der Waals surface area contributed by atoms with Crippen molar-refractivity contribution in [1.29, 1.82) is 0 Å². The Morgan fingerprint density at radius 3 is 0.894 bits per heavy atom. The normalized spacial score (nSPS) is 26.2. The SMILES string of the molecule is C=CCO[C@H]1[C@H](O[C@H]2[C@H](OCc3ccccc3)[C@@H](OCc3ccccc3)[C@H](OC)O[C@@H]2COCc2ccccc2)O[C@H](CO)[C@H](O[C@H]2O[C@H](COCc3ccccc3)[C@H](OCc3ccccc3)[C@H](OCc3ccccc3)[C@H]2OCc2ccccc2)[C@@H]1OCc1ccccc1. The van der Waals surface area contributed by atoms with Crippen molar-refractivity contribution in [2.24, 2.45) is 0 Å². The number of rotatable bonds is 35. The van der Waals surface area contributed by atoms with Crippen molar-refractivity contribution in [3.63, 3.8) is 0 Å². The molecule has 0 saturated carbocycles. The minimum absolute atomic E-state index is 0.0300. The number of methoxy groups -OCH3 is 1. The van der Waals surface area contributed by atoms with E-state index in [0.29, 0.717) is 6.61 Å². The van der Waals surface area contributed by atoms with Gasteiger partial charge in [0, 0.05) is 7.11 Å². The van der Waals surface area contributed by atoms with Gasteiger partial charge < -0.3 is 76.2 Å². The number of aliphatic hydroxyl groups excluding tert-OH is 1. The Hall–Kier alpha value is -7.14. The van der Waals surface area contributed by atoms with E-state index in [2.05, 4.69) is 6.58 Å². The van der Waals surface area contributed by atoms with Gasteiger partial charge in [-0.05, 0) is 44.5 Å². The Bertz CT molecular complexity index is 3350. The van der Waals surface area contributed by atoms with E-state index in [9.17, 15) is 5.11 Å². The fourth-order valence-electron chi connectivity index (χ4n) is 11.9. The molecule has 8 aromatic rings. The molecule has 0 aromatic heterocycles. The Labute approximate surface area is 552 Å². The molecule has 3 aliphatic rings. The second-order valence-corrected chi connectivity index (χ2v) is 23.4. The average molecular weight is 1280 g/mol. The van der Waals surface area contributed by atoms with Crippen LogP contribution in [0.4, 0.5) is 0 Å². The van der Waals surface area contributed by atoms with Crippen LogP contribution in [0, 0.1) is 0 Å². The third-order valence-electron chi connectivity index (χ3n) is 16.7. The van der Waals surface area contributed by atoms with Crippen molar-refractivity contribution in [1.82, 2.24) is 0 Å². The largest absolute Gasteiger partial charge is 0.394 e. The molecule has 0 unspecified atom stereocenters. The number of hydrogen-bond donors (Lipinski definition) is 1. The summed E-state index contributed by atoms with van der Waals surface area (Å²) in [5, 5.41) is 12.0. The predicted octanol–water partition coefficient (Wildman–Crippen LogP) is 12.1. The van der Waals surface area contributed by atoms with Gasteiger partial charge in [-0.25, -0.2) is 0 Å². The molecule has 16 nitrogen and oxygen atoms in total. The molecule has 3 fully saturated rings. The quantitative estimate of drug-likeness (QED) is 0.0374. The lowest BCUT2D eigenvalue weighted by Crippen LogP contribution is -2.68. The summed E-state index contributed by atoms with van der Waals surface area (Å²) in [6.45, 7) is 5.23. The Kier molecular flexibility index (Phi) is 26.6. The Morgan fingerprint density at radius 2 is 0.564 bits per heavy atom. The molecule has 1 N–H and O–H groups in total. The highest BCUT2D eigenvalue weighted by Gasteiger charge is 2.57. The van der Waals surface area contributed by atoms with Gasteiger partial charge in [0.15, 0.2) is 18.9 Å². The van der Waals surface area contributed by atoms with Gasteiger partial charge in [-0.3, -0.25) is 0 Å². The zero-order valence-electron chi connectivity index (χ0n) is 53.1. The number of aliphatic hydroxyl groups is 1. The van der Waals surface area contributed by atoms with E-state index in [1.165, 1.54) is 0 Å². The summed E-state index contributed by atoms with van der Waals surface area (Å²) in [5.74, 6) is 0. The molecule has 94 heavy (non-hydrogen) atoms. The molecule has 494 valence electrons. The van der Waals surface area contributed by atoms with Gasteiger partial charge in [0.2, 0.25) is 0 Å². The van der Waals surface area contributed by atoms with Crippen LogP contribution in [0.2, 0.25) is 0 Å². The second kappa shape index (κ2) is 36.7. The smallest absolute Gasteiger partial charge is 0.187 e. The molecule has 0 amide bonds. The van der Waals surface area contributed by atoms with Crippen molar-refractivity contribution in [2.45, 2.75) is 145 Å². The van der Waals surface area contributed by atoms with Crippen LogP contribution in [0.1, 0.15) is 44.5 Å². The van der Waals surface area contributed by atoms with Gasteiger partial charge in [0.25, 0.3) is 0 Å². The first-order chi connectivity index (χ1) is 46.5. The number of benzene rings is 8. The van der Waals surface area contributed by atoms with Crippen LogP contribution in [0.5, 0.6) is 0 Å². The zero-order chi connectivity index (χ0) is 64.4. The lowest BCUT2D eigenvalue weighted by atomic mass is 9.95. The van der Waals surface area contributed by atoms with Crippen LogP contribution in [0.3, 0.4) is 0 Å². The summed E-state index contributed by atoms with van der Waals surface area (Å²) < 4.78 is 105. The molecule has 3 aliphatic heterocycles. The van der Waals surface area contributed by atoms with Gasteiger partial charge in [-0.15, -0.1) is 6.58 Å². The number of hydrogen-bond acceptors (Lipinski definition) is 16. The maximum absolute atomic E-state index is 12.0. The molecule has 15 atom stereocenters. The van der Waals surface area contributed by atoms with E-state index in [4.69, 9.17) is 71.1 Å². The van der Waals surface area contributed by atoms with Crippen LogP contribution in [0.15, 0.2) is 255 Å². The van der Waals surface area contributed by atoms with E-state index in [1.807, 2.05) is 243 Å². The van der Waals surface area contributed by atoms with Crippen molar-refractivity contribution >= 4 is 0 Å². The van der Waals surface area contributed by atoms with E-state index < -0.39 is 98.7 Å². The molecule has 3 heterocycles. The van der Waals surface area contributed by atoms with Crippen LogP contribution in [-0.2, 0) is 124 Å². The lowest BCUT2D eigenvalue weighted by Gasteiger charge is -2.51. The molecular formula is C78H86O16. The standard InChI is InChI=1S/C78H86O16/c1-3-44-83-74-71(86-50-60-36-20-8-21-37-60)68(64(45-79)90-77(74)94-69-66(55-82-47-57-30-14-5-15-31-57)91-76(80-2)73(88-52-62-40-24-10-25-41-62)72(69)87-51-61-38-22-9-23-39-61)93-78-75(89-53-63-42-26-11-27-43-63)70(85-49-59-34-18-7-19-35-59)67(84-48-58-32-16-6-17-33-58)65(92-78)54-81-46-56-28-12-4-13-29-56/h3-43,64-79H,1,44-55H2,2H3/t64-,65-,66-,67+,68+,69-,70+,71+,72+,73-,74-,75-,76-,77+,78-/m1/s1. The molecule has 0 spiro atoms. The lowest BCUT2D eigenvalue weighted by molar-refractivity contribution is -0.392. The molecule has 3 saturated heterocycles. The van der Waals surface area contributed by atoms with Gasteiger partial charge in [0.05, 0.1) is 79.3 Å². The summed E-state index contributed by atoms with van der Waals surface area (Å²) in [6.07, 6.45) is -13.4. The zero-order valence-corrected chi connectivity index (χ0v) is 53.1. The highest BCUT2D eigenvalue weighted by Crippen LogP contribution is 2.39. The minimum atomic E-state index is -1.31. The summed E-state index contributed by atoms with van der Waals surface area (Å²) >= 11 is 0. The van der Waals surface area contributed by atoms with Crippen LogP contribution >= 0.6 is 0 Å². The Balaban J connectivity index is 0.979. The molecule has 0 radical (unpaired) electrons. The van der Waals surface area contributed by atoms with Crippen molar-refractivity contribution in [3.05, 3.63) is 300 Å². The average Bonchev–Trinajstić information content (AvgIpc) is 0.776. The maximum atomic E-state index is 12.0. The van der Waals surface area contributed by atoms with Crippen molar-refractivity contribution in [2.75, 3.05) is 33.5 Å². The van der Waals surface area contributed by atoms with Crippen LogP contribution in [-0.4, -0.2) is 131 Å². The van der Waals surface area contributed by atoms with Crippen LogP contribution < -0.4 is 0 Å². The third-order valence-corrected chi connectivity index (χ3v) is 16.7. The van der Waals surface area contributed by atoms with Crippen LogP contribution in [0.25, 0.3) is 0 Å². The maximum Gasteiger partial charge on any atom is 0.187 e. The first-order valence-corrected chi connectivity index (χ1v) is 32.3. The predicted molar refractivity (Wildman–Crippen MR) is 352 cm³/mol. The summed E-state index contributed by atoms with van der Waals surface area (Å²) in [4.78, 5) is 0. The number of ether oxygens (including phenoxy) is 15. The summed E-state index contributed by atoms with van der Waals surface area (Å²) in [7, 11) is 1.58. The van der Waals surface area contributed by atoms with Gasteiger partial charge >= 0.3 is 0 Å². The van der Waals surface area contributed by atoms with E-state index in [0.717, 1.165) is 44.5 Å². The van der Waals surface area contributed by atoms with Crippen molar-refractivity contribution < 1.29 is 76.2 Å². The van der Waals surface area contributed by atoms with Gasteiger partial charge in [-0.2, -0.15) is 0 Å². The van der Waals surface area contributed by atoms with E-state index in [1.54, 1.807) is 13.2 Å². The van der Waals surface area contributed by atoms with Gasteiger partial charge in [0.1, 0.15) is 73.2 Å². The highest BCUT2D eigenvalue weighted by atomic mass is 16.8. The first-order valence-electron chi connectivity index (χ1n) is 32.3.